The van der Waals surface area contributed by atoms with Crippen LogP contribution in [0.5, 0.6) is 0 Å². The smallest absolute Gasteiger partial charge is 0.270 e. The second-order valence-electron chi connectivity index (χ2n) is 8.36. The van der Waals surface area contributed by atoms with E-state index in [1.54, 1.807) is 18.6 Å². The Hall–Kier alpha value is -3.68. The molecule has 1 N–H and O–H groups in total. The standard InChI is InChI=1S/C24H27N5O3/c1-18-8-11-28(12-9-18)23-7-6-21(29(31)32)14-22(23)24(30)26-15-19-2-4-20(5-3-19)16-27-13-10-25-17-27/h2-7,10,13-14,17-18H,8-9,11-12,15-16H2,1H3,(H,26,30). The van der Waals surface area contributed by atoms with Crippen LogP contribution in [0.1, 0.15) is 41.3 Å². The van der Waals surface area contributed by atoms with E-state index in [0.29, 0.717) is 18.0 Å². The van der Waals surface area contributed by atoms with Crippen LogP contribution in [0.15, 0.2) is 61.2 Å². The number of aromatic nitrogens is 2. The highest BCUT2D eigenvalue weighted by molar-refractivity contribution is 6.00. The molecular weight excluding hydrogens is 406 g/mol. The molecule has 3 aromatic rings. The molecule has 8 nitrogen and oxygen atoms in total. The molecule has 0 saturated carbocycles. The fourth-order valence-electron chi connectivity index (χ4n) is 3.98. The molecule has 2 aromatic carbocycles. The Morgan fingerprint density at radius 2 is 1.88 bits per heavy atom. The van der Waals surface area contributed by atoms with Crippen LogP contribution in [0.2, 0.25) is 0 Å². The lowest BCUT2D eigenvalue weighted by Gasteiger charge is -2.33. The second kappa shape index (κ2) is 9.64. The van der Waals surface area contributed by atoms with Gasteiger partial charge in [-0.1, -0.05) is 31.2 Å². The fraction of sp³-hybridized carbons (Fsp3) is 0.333. The van der Waals surface area contributed by atoms with Gasteiger partial charge in [-0.15, -0.1) is 0 Å². The molecule has 1 aliphatic heterocycles. The summed E-state index contributed by atoms with van der Waals surface area (Å²) in [5, 5.41) is 14.2. The number of benzene rings is 2. The third-order valence-electron chi connectivity index (χ3n) is 5.96. The first kappa shape index (κ1) is 21.5. The van der Waals surface area contributed by atoms with Gasteiger partial charge in [-0.25, -0.2) is 4.98 Å². The van der Waals surface area contributed by atoms with E-state index in [0.717, 1.165) is 49.3 Å². The summed E-state index contributed by atoms with van der Waals surface area (Å²) in [6.07, 6.45) is 7.52. The molecule has 0 radical (unpaired) electrons. The summed E-state index contributed by atoms with van der Waals surface area (Å²) < 4.78 is 1.99. The average molecular weight is 434 g/mol. The second-order valence-corrected chi connectivity index (χ2v) is 8.36. The maximum atomic E-state index is 13.0. The van der Waals surface area contributed by atoms with Crippen molar-refractivity contribution in [3.63, 3.8) is 0 Å². The van der Waals surface area contributed by atoms with Crippen LogP contribution in [0.25, 0.3) is 0 Å². The number of amides is 1. The van der Waals surface area contributed by atoms with Gasteiger partial charge >= 0.3 is 0 Å². The first-order valence-electron chi connectivity index (χ1n) is 10.8. The summed E-state index contributed by atoms with van der Waals surface area (Å²) in [7, 11) is 0. The number of nitrogens with one attached hydrogen (secondary N) is 1. The number of hydrogen-bond donors (Lipinski definition) is 1. The molecule has 2 heterocycles. The summed E-state index contributed by atoms with van der Waals surface area (Å²) in [5.74, 6) is 0.350. The minimum atomic E-state index is -0.460. The van der Waals surface area contributed by atoms with E-state index in [1.807, 2.05) is 35.0 Å². The van der Waals surface area contributed by atoms with Gasteiger partial charge in [0.25, 0.3) is 11.6 Å². The largest absolute Gasteiger partial charge is 0.371 e. The van der Waals surface area contributed by atoms with Crippen molar-refractivity contribution in [3.05, 3.63) is 88.0 Å². The van der Waals surface area contributed by atoms with E-state index >= 15 is 0 Å². The minimum absolute atomic E-state index is 0.0758. The first-order valence-corrected chi connectivity index (χ1v) is 10.8. The summed E-state index contributed by atoms with van der Waals surface area (Å²) in [4.78, 5) is 30.1. The predicted molar refractivity (Wildman–Crippen MR) is 123 cm³/mol. The number of rotatable bonds is 7. The zero-order valence-electron chi connectivity index (χ0n) is 18.1. The zero-order chi connectivity index (χ0) is 22.5. The van der Waals surface area contributed by atoms with E-state index in [2.05, 4.69) is 22.1 Å². The van der Waals surface area contributed by atoms with Crippen molar-refractivity contribution in [3.8, 4) is 0 Å². The Morgan fingerprint density at radius 1 is 1.16 bits per heavy atom. The monoisotopic (exact) mass is 433 g/mol. The molecule has 0 bridgehead atoms. The molecule has 1 amide bonds. The van der Waals surface area contributed by atoms with E-state index < -0.39 is 4.92 Å². The third-order valence-corrected chi connectivity index (χ3v) is 5.96. The molecule has 0 spiro atoms. The Balaban J connectivity index is 1.45. The van der Waals surface area contributed by atoms with Crippen molar-refractivity contribution < 1.29 is 9.72 Å². The molecule has 0 unspecified atom stereocenters. The topological polar surface area (TPSA) is 93.3 Å². The van der Waals surface area contributed by atoms with Gasteiger partial charge < -0.3 is 14.8 Å². The van der Waals surface area contributed by atoms with Gasteiger partial charge in [0.1, 0.15) is 0 Å². The number of nitrogens with zero attached hydrogens (tertiary/aromatic N) is 4. The van der Waals surface area contributed by atoms with E-state index in [1.165, 1.54) is 12.1 Å². The molecule has 0 aliphatic carbocycles. The SMILES string of the molecule is CC1CCN(c2ccc([N+](=O)[O-])cc2C(=O)NCc2ccc(Cn3ccnc3)cc2)CC1. The lowest BCUT2D eigenvalue weighted by atomic mass is 9.98. The molecule has 4 rings (SSSR count). The van der Waals surface area contributed by atoms with E-state index in [9.17, 15) is 14.9 Å². The van der Waals surface area contributed by atoms with Gasteiger partial charge in [0.2, 0.25) is 0 Å². The highest BCUT2D eigenvalue weighted by atomic mass is 16.6. The summed E-state index contributed by atoms with van der Waals surface area (Å²) in [5.41, 5.74) is 3.14. The van der Waals surface area contributed by atoms with Crippen LogP contribution >= 0.6 is 0 Å². The quantitative estimate of drug-likeness (QED) is 0.449. The number of imidazole rings is 1. The molecule has 1 fully saturated rings. The van der Waals surface area contributed by atoms with Crippen molar-refractivity contribution in [1.29, 1.82) is 0 Å². The first-order chi connectivity index (χ1) is 15.5. The molecule has 1 saturated heterocycles. The minimum Gasteiger partial charge on any atom is -0.371 e. The van der Waals surface area contributed by atoms with Crippen molar-refractivity contribution >= 4 is 17.3 Å². The molecule has 0 atom stereocenters. The highest BCUT2D eigenvalue weighted by Crippen LogP contribution is 2.29. The normalized spacial score (nSPS) is 14.3. The molecule has 32 heavy (non-hydrogen) atoms. The van der Waals surface area contributed by atoms with Crippen LogP contribution in [0, 0.1) is 16.0 Å². The fourth-order valence-corrected chi connectivity index (χ4v) is 3.98. The summed E-state index contributed by atoms with van der Waals surface area (Å²) >= 11 is 0. The number of carbonyl (C=O) groups excluding carboxylic acids is 1. The van der Waals surface area contributed by atoms with Gasteiger partial charge in [0.15, 0.2) is 0 Å². The van der Waals surface area contributed by atoms with Gasteiger partial charge in [-0.05, 0) is 36.0 Å². The lowest BCUT2D eigenvalue weighted by molar-refractivity contribution is -0.384. The molecule has 166 valence electrons. The number of nitro groups is 1. The zero-order valence-corrected chi connectivity index (χ0v) is 18.1. The van der Waals surface area contributed by atoms with Crippen LogP contribution in [0.4, 0.5) is 11.4 Å². The Labute approximate surface area is 187 Å². The van der Waals surface area contributed by atoms with E-state index in [-0.39, 0.29) is 11.6 Å². The van der Waals surface area contributed by atoms with Gasteiger partial charge in [0, 0.05) is 50.7 Å². The van der Waals surface area contributed by atoms with Crippen LogP contribution in [-0.4, -0.2) is 33.5 Å². The van der Waals surface area contributed by atoms with Gasteiger partial charge in [-0.2, -0.15) is 0 Å². The number of piperidine rings is 1. The van der Waals surface area contributed by atoms with Crippen LogP contribution < -0.4 is 10.2 Å². The number of anilines is 1. The molecule has 1 aliphatic rings. The van der Waals surface area contributed by atoms with Gasteiger partial charge in [0.05, 0.1) is 22.5 Å². The number of hydrogen-bond acceptors (Lipinski definition) is 5. The van der Waals surface area contributed by atoms with Crippen molar-refractivity contribution in [2.24, 2.45) is 5.92 Å². The Kier molecular flexibility index (Phi) is 6.49. The number of nitro benzene ring substituents is 1. The summed E-state index contributed by atoms with van der Waals surface area (Å²) in [6.45, 7) is 5.00. The lowest BCUT2D eigenvalue weighted by Crippen LogP contribution is -2.35. The van der Waals surface area contributed by atoms with E-state index in [4.69, 9.17) is 0 Å². The molecular formula is C24H27N5O3. The van der Waals surface area contributed by atoms with Crippen molar-refractivity contribution in [1.82, 2.24) is 14.9 Å². The molecule has 8 heteroatoms. The maximum absolute atomic E-state index is 13.0. The van der Waals surface area contributed by atoms with Gasteiger partial charge in [-0.3, -0.25) is 14.9 Å². The number of carbonyl (C=O) groups is 1. The Morgan fingerprint density at radius 3 is 2.53 bits per heavy atom. The highest BCUT2D eigenvalue weighted by Gasteiger charge is 2.23. The summed E-state index contributed by atoms with van der Waals surface area (Å²) in [6, 6.07) is 12.6. The Bertz CT molecular complexity index is 1070. The maximum Gasteiger partial charge on any atom is 0.270 e. The molecule has 1 aromatic heterocycles. The van der Waals surface area contributed by atoms with Crippen LogP contribution in [0.3, 0.4) is 0 Å². The third kappa shape index (κ3) is 5.14. The average Bonchev–Trinajstić information content (AvgIpc) is 3.31. The van der Waals surface area contributed by atoms with Crippen molar-refractivity contribution in [2.45, 2.75) is 32.9 Å². The van der Waals surface area contributed by atoms with Crippen molar-refractivity contribution in [2.75, 3.05) is 18.0 Å². The number of non-ortho nitro benzene ring substituents is 1. The predicted octanol–water partition coefficient (Wildman–Crippen LogP) is 4.01. The van der Waals surface area contributed by atoms with Crippen LogP contribution in [-0.2, 0) is 13.1 Å².